The normalized spacial score (nSPS) is 16.4. The van der Waals surface area contributed by atoms with Crippen LogP contribution in [0.4, 0.5) is 17.1 Å². The van der Waals surface area contributed by atoms with Gasteiger partial charge in [0.2, 0.25) is 0 Å². The Morgan fingerprint density at radius 1 is 0.290 bits per heavy atom. The van der Waals surface area contributed by atoms with Crippen LogP contribution in [0.25, 0.3) is 55.6 Å². The highest BCUT2D eigenvalue weighted by molar-refractivity contribution is 5.91. The molecule has 1 heteroatoms. The van der Waals surface area contributed by atoms with Crippen molar-refractivity contribution >= 4 is 17.1 Å². The molecule has 0 saturated heterocycles. The van der Waals surface area contributed by atoms with E-state index in [0.717, 1.165) is 55.0 Å². The molecule has 0 aliphatic heterocycles. The van der Waals surface area contributed by atoms with Crippen molar-refractivity contribution in [2.75, 3.05) is 4.90 Å². The summed E-state index contributed by atoms with van der Waals surface area (Å²) in [5, 5.41) is 0. The molecule has 0 aromatic heterocycles. The van der Waals surface area contributed by atoms with Crippen LogP contribution in [0.2, 0.25) is 0 Å². The lowest BCUT2D eigenvalue weighted by Crippen LogP contribution is -2.28. The third-order valence-electron chi connectivity index (χ3n) is 11.3. The van der Waals surface area contributed by atoms with Gasteiger partial charge in [-0.1, -0.05) is 218 Å². The third kappa shape index (κ3) is 6.52. The van der Waals surface area contributed by atoms with Gasteiger partial charge in [0.15, 0.2) is 0 Å². The molecule has 11 rings (SSSR count). The van der Waals surface area contributed by atoms with Crippen molar-refractivity contribution in [3.05, 3.63) is 283 Å². The van der Waals surface area contributed by atoms with E-state index < -0.39 is 148 Å². The van der Waals surface area contributed by atoms with E-state index in [1.54, 1.807) is 18.2 Å². The van der Waals surface area contributed by atoms with Crippen LogP contribution in [0.1, 0.15) is 46.9 Å². The number of nitrogens with zero attached hydrogens (tertiary/aromatic N) is 1. The number of fused-ring (bicyclic) bond motifs is 3. The predicted molar refractivity (Wildman–Crippen MR) is 260 cm³/mol. The van der Waals surface area contributed by atoms with Gasteiger partial charge in [0.25, 0.3) is 0 Å². The Hall–Kier alpha value is -8.00. The van der Waals surface area contributed by atoms with Gasteiger partial charge in [-0.3, -0.25) is 0 Å². The zero-order valence-corrected chi connectivity index (χ0v) is 32.9. The van der Waals surface area contributed by atoms with Crippen LogP contribution < -0.4 is 4.90 Å². The number of hydrogen-bond acceptors (Lipinski definition) is 1. The van der Waals surface area contributed by atoms with Crippen LogP contribution in [0.5, 0.6) is 0 Å². The maximum absolute atomic E-state index is 9.75. The van der Waals surface area contributed by atoms with Gasteiger partial charge in [-0.05, 0) is 120 Å². The molecular weight excluding hydrogens is 747 g/mol. The average molecular weight is 808 g/mol. The zero-order valence-electron chi connectivity index (χ0n) is 50.9. The van der Waals surface area contributed by atoms with E-state index in [0.29, 0.717) is 5.56 Å². The van der Waals surface area contributed by atoms with Crippen molar-refractivity contribution in [2.24, 2.45) is 0 Å². The molecule has 292 valence electrons. The van der Waals surface area contributed by atoms with Crippen molar-refractivity contribution in [3.8, 4) is 55.6 Å². The minimum absolute atomic E-state index is 0.0252. The van der Waals surface area contributed by atoms with Crippen molar-refractivity contribution in [2.45, 2.75) is 5.41 Å². The first kappa shape index (κ1) is 22.6. The SMILES string of the molecule is [2H]c1c([2H])c([2H])c(-c2c([2H])c([2H])c(N(c3ccc4c(c3)C(c3ccccc3)(c3ccccc3)c3cc(-c5ccc(-c6ccccc6)cc5)ccc3-4)c3c([2H])c([2H])c(-c4c([2H])c([2H])c([2H])c([2H])c4[2H])c([2H])c3[2H])c([2H])c2[2H])c([2H])c1[2H]. The highest BCUT2D eigenvalue weighted by Gasteiger charge is 2.46. The molecule has 10 aromatic carbocycles. The van der Waals surface area contributed by atoms with Crippen molar-refractivity contribution in [1.82, 2.24) is 0 Å². The standard InChI is InChI=1S/C61H43N/c1-6-16-44(17-7-1)47-26-28-50(29-27-47)51-34-40-57-58-41-39-56(43-60(58)61(59(57)42-51,52-22-12-4-13-23-52)53-24-14-5-15-25-53)62(54-35-30-48(31-36-54)45-18-8-2-9-19-45)55-37-32-49(33-38-55)46-20-10-3-11-21-46/h1-43H/i2D,3D,8D,9D,10D,11D,18D,19D,20D,21D,30D,31D,32D,33D,35D,36D,37D,38D. The summed E-state index contributed by atoms with van der Waals surface area (Å²) in [6.07, 6.45) is 0. The number of rotatable bonds is 9. The van der Waals surface area contributed by atoms with Gasteiger partial charge in [-0.2, -0.15) is 0 Å². The molecule has 0 atom stereocenters. The zero-order chi connectivity index (χ0) is 57.0. The first-order chi connectivity index (χ1) is 38.2. The Labute approximate surface area is 389 Å². The number of hydrogen-bond donors (Lipinski definition) is 0. The molecule has 0 spiro atoms. The number of anilines is 3. The van der Waals surface area contributed by atoms with Gasteiger partial charge < -0.3 is 4.90 Å². The first-order valence-corrected chi connectivity index (χ1v) is 20.0. The predicted octanol–water partition coefficient (Wildman–Crippen LogP) is 16.2. The Bertz CT molecular complexity index is 3920. The molecule has 0 saturated carbocycles. The fourth-order valence-corrected chi connectivity index (χ4v) is 8.49. The lowest BCUT2D eigenvalue weighted by atomic mass is 9.67. The summed E-state index contributed by atoms with van der Waals surface area (Å²) in [4.78, 5) is 1.07. The van der Waals surface area contributed by atoms with Gasteiger partial charge in [-0.15, -0.1) is 0 Å². The molecule has 1 aliphatic carbocycles. The Morgan fingerprint density at radius 2 is 0.677 bits per heavy atom. The minimum atomic E-state index is -1.16. The summed E-state index contributed by atoms with van der Waals surface area (Å²) in [5.74, 6) is 0. The van der Waals surface area contributed by atoms with Gasteiger partial charge >= 0.3 is 0 Å². The van der Waals surface area contributed by atoms with Crippen LogP contribution in [0.3, 0.4) is 0 Å². The van der Waals surface area contributed by atoms with E-state index in [1.165, 1.54) is 0 Å². The molecule has 10 aromatic rings. The lowest BCUT2D eigenvalue weighted by molar-refractivity contribution is 0.768. The molecule has 1 aliphatic rings. The molecule has 0 heterocycles. The van der Waals surface area contributed by atoms with E-state index in [4.69, 9.17) is 13.7 Å². The number of benzene rings is 10. The summed E-state index contributed by atoms with van der Waals surface area (Å²) in [6, 6.07) is 34.6. The quantitative estimate of drug-likeness (QED) is 0.140. The smallest absolute Gasteiger partial charge is 0.0714 e. The largest absolute Gasteiger partial charge is 0.310 e. The second kappa shape index (κ2) is 15.9. The monoisotopic (exact) mass is 807 g/mol. The third-order valence-corrected chi connectivity index (χ3v) is 11.3. The molecule has 0 fully saturated rings. The van der Waals surface area contributed by atoms with Gasteiger partial charge in [0.1, 0.15) is 0 Å². The van der Waals surface area contributed by atoms with Gasteiger partial charge in [-0.25, -0.2) is 0 Å². The highest BCUT2D eigenvalue weighted by Crippen LogP contribution is 2.58. The molecule has 0 amide bonds. The molecule has 0 radical (unpaired) electrons. The van der Waals surface area contributed by atoms with Gasteiger partial charge in [0, 0.05) is 17.1 Å². The first-order valence-electron chi connectivity index (χ1n) is 29.0. The van der Waals surface area contributed by atoms with E-state index in [1.807, 2.05) is 103 Å². The van der Waals surface area contributed by atoms with E-state index in [-0.39, 0.29) is 5.69 Å². The molecular formula is C61H43N. The maximum atomic E-state index is 9.75. The van der Waals surface area contributed by atoms with Crippen LogP contribution in [0, 0.1) is 0 Å². The Balaban J connectivity index is 1.22. The van der Waals surface area contributed by atoms with Crippen LogP contribution in [-0.2, 0) is 5.41 Å². The fraction of sp³-hybridized carbons (Fsp3) is 0.0164. The van der Waals surface area contributed by atoms with E-state index in [9.17, 15) is 11.0 Å². The molecule has 62 heavy (non-hydrogen) atoms. The fourth-order valence-electron chi connectivity index (χ4n) is 8.49. The Kier molecular flexibility index (Phi) is 5.78. The van der Waals surface area contributed by atoms with Gasteiger partial charge in [0.05, 0.1) is 30.1 Å². The van der Waals surface area contributed by atoms with Crippen LogP contribution in [0.15, 0.2) is 260 Å². The average Bonchev–Trinajstić information content (AvgIpc) is 4.00. The van der Waals surface area contributed by atoms with Crippen LogP contribution in [-0.4, -0.2) is 0 Å². The molecule has 0 N–H and O–H groups in total. The molecule has 1 nitrogen and oxygen atoms in total. The maximum Gasteiger partial charge on any atom is 0.0714 e. The van der Waals surface area contributed by atoms with Crippen molar-refractivity contribution in [1.29, 1.82) is 0 Å². The highest BCUT2D eigenvalue weighted by atomic mass is 15.1. The minimum Gasteiger partial charge on any atom is -0.310 e. The van der Waals surface area contributed by atoms with Crippen molar-refractivity contribution in [3.63, 3.8) is 0 Å². The summed E-state index contributed by atoms with van der Waals surface area (Å²) < 4.78 is 162. The second-order valence-electron chi connectivity index (χ2n) is 14.7. The summed E-state index contributed by atoms with van der Waals surface area (Å²) >= 11 is 0. The molecule has 0 bridgehead atoms. The summed E-state index contributed by atoms with van der Waals surface area (Å²) in [5.41, 5.74) is 3.91. The van der Waals surface area contributed by atoms with E-state index in [2.05, 4.69) is 30.3 Å². The summed E-state index contributed by atoms with van der Waals surface area (Å²) in [7, 11) is 0. The molecule has 0 unspecified atom stereocenters. The van der Waals surface area contributed by atoms with Crippen LogP contribution >= 0.6 is 0 Å². The Morgan fingerprint density at radius 3 is 1.18 bits per heavy atom. The van der Waals surface area contributed by atoms with Crippen molar-refractivity contribution < 1.29 is 24.7 Å². The second-order valence-corrected chi connectivity index (χ2v) is 14.7. The lowest BCUT2D eigenvalue weighted by Gasteiger charge is -2.35. The summed E-state index contributed by atoms with van der Waals surface area (Å²) in [6.45, 7) is 0. The topological polar surface area (TPSA) is 3.24 Å². The van der Waals surface area contributed by atoms with E-state index >= 15 is 0 Å².